The minimum atomic E-state index is -0.905. The van der Waals surface area contributed by atoms with Gasteiger partial charge >= 0.3 is 18.0 Å². The van der Waals surface area contributed by atoms with Gasteiger partial charge in [-0.1, -0.05) is 18.2 Å². The van der Waals surface area contributed by atoms with Crippen LogP contribution in [0.1, 0.15) is 57.7 Å². The predicted molar refractivity (Wildman–Crippen MR) is 112 cm³/mol. The van der Waals surface area contributed by atoms with Gasteiger partial charge < -0.3 is 19.5 Å². The van der Waals surface area contributed by atoms with Crippen molar-refractivity contribution in [2.75, 3.05) is 25.0 Å². The van der Waals surface area contributed by atoms with Crippen LogP contribution in [0.15, 0.2) is 30.3 Å². The molecule has 0 aliphatic carbocycles. The molecule has 0 spiro atoms. The van der Waals surface area contributed by atoms with E-state index in [1.807, 2.05) is 0 Å². The van der Waals surface area contributed by atoms with Crippen LogP contribution in [-0.4, -0.2) is 48.4 Å². The van der Waals surface area contributed by atoms with E-state index in [1.165, 1.54) is 6.92 Å². The standard InChI is InChI=1S/C21H25N3O7/c1-12-14(18(26)29-5)15(22-17(25)13-10-8-7-9-11-13)16(19(27)30-6)24(12)23-20(28)31-21(2,3)4/h7-11H,1-6H3,(H,22,25)(H,23,28). The molecule has 0 aliphatic heterocycles. The molecule has 1 aromatic heterocycles. The normalized spacial score (nSPS) is 10.8. The lowest BCUT2D eigenvalue weighted by Gasteiger charge is -2.21. The van der Waals surface area contributed by atoms with E-state index in [4.69, 9.17) is 14.2 Å². The second-order valence-corrected chi connectivity index (χ2v) is 7.44. The third kappa shape index (κ3) is 5.41. The molecule has 10 heteroatoms. The molecule has 1 heterocycles. The number of hydrogen-bond acceptors (Lipinski definition) is 7. The van der Waals surface area contributed by atoms with Gasteiger partial charge in [-0.15, -0.1) is 0 Å². The van der Waals surface area contributed by atoms with Crippen molar-refractivity contribution in [1.29, 1.82) is 0 Å². The molecule has 0 aliphatic rings. The summed E-state index contributed by atoms with van der Waals surface area (Å²) >= 11 is 0. The maximum atomic E-state index is 12.7. The molecule has 2 rings (SSSR count). The van der Waals surface area contributed by atoms with E-state index in [0.29, 0.717) is 5.56 Å². The fourth-order valence-electron chi connectivity index (χ4n) is 2.76. The number of nitrogens with one attached hydrogen (secondary N) is 2. The zero-order valence-corrected chi connectivity index (χ0v) is 18.2. The number of amides is 2. The van der Waals surface area contributed by atoms with Crippen molar-refractivity contribution in [2.24, 2.45) is 0 Å². The van der Waals surface area contributed by atoms with E-state index in [1.54, 1.807) is 51.1 Å². The molecule has 10 nitrogen and oxygen atoms in total. The summed E-state index contributed by atoms with van der Waals surface area (Å²) < 4.78 is 15.9. The van der Waals surface area contributed by atoms with Gasteiger partial charge in [0.25, 0.3) is 5.91 Å². The number of ether oxygens (including phenoxy) is 3. The number of anilines is 1. The number of esters is 2. The molecule has 1 aromatic carbocycles. The number of methoxy groups -OCH3 is 2. The molecule has 31 heavy (non-hydrogen) atoms. The van der Waals surface area contributed by atoms with Gasteiger partial charge in [0, 0.05) is 5.56 Å². The highest BCUT2D eigenvalue weighted by molar-refractivity contribution is 6.13. The first-order valence-corrected chi connectivity index (χ1v) is 9.28. The number of nitrogens with zero attached hydrogens (tertiary/aromatic N) is 1. The SMILES string of the molecule is COC(=O)c1c(NC(=O)c2ccccc2)c(C(=O)OC)n(NC(=O)OC(C)(C)C)c1C. The van der Waals surface area contributed by atoms with Crippen LogP contribution in [0.2, 0.25) is 0 Å². The van der Waals surface area contributed by atoms with E-state index in [2.05, 4.69) is 10.7 Å². The highest BCUT2D eigenvalue weighted by Gasteiger charge is 2.33. The van der Waals surface area contributed by atoms with Crippen LogP contribution in [0.25, 0.3) is 0 Å². The van der Waals surface area contributed by atoms with Crippen molar-refractivity contribution in [2.45, 2.75) is 33.3 Å². The van der Waals surface area contributed by atoms with Gasteiger partial charge in [0.05, 0.1) is 25.6 Å². The van der Waals surface area contributed by atoms with Crippen LogP contribution in [0.4, 0.5) is 10.5 Å². The summed E-state index contributed by atoms with van der Waals surface area (Å²) in [6, 6.07) is 8.19. The Balaban J connectivity index is 2.63. The van der Waals surface area contributed by atoms with Crippen LogP contribution in [0.5, 0.6) is 0 Å². The summed E-state index contributed by atoms with van der Waals surface area (Å²) in [5, 5.41) is 2.56. The van der Waals surface area contributed by atoms with Crippen molar-refractivity contribution in [3.63, 3.8) is 0 Å². The van der Waals surface area contributed by atoms with Gasteiger partial charge in [0.15, 0.2) is 5.69 Å². The van der Waals surface area contributed by atoms with E-state index in [0.717, 1.165) is 18.9 Å². The lowest BCUT2D eigenvalue weighted by molar-refractivity contribution is 0.0574. The number of benzene rings is 1. The quantitative estimate of drug-likeness (QED) is 0.550. The minimum absolute atomic E-state index is 0.122. The van der Waals surface area contributed by atoms with E-state index in [9.17, 15) is 19.2 Å². The van der Waals surface area contributed by atoms with Crippen molar-refractivity contribution in [3.8, 4) is 0 Å². The van der Waals surface area contributed by atoms with Crippen LogP contribution >= 0.6 is 0 Å². The summed E-state index contributed by atoms with van der Waals surface area (Å²) in [7, 11) is 2.28. The lowest BCUT2D eigenvalue weighted by atomic mass is 10.1. The average molecular weight is 431 g/mol. The Kier molecular flexibility index (Phi) is 7.06. The Bertz CT molecular complexity index is 1000. The number of carbonyl (C=O) groups is 4. The van der Waals surface area contributed by atoms with Gasteiger partial charge in [-0.3, -0.25) is 4.79 Å². The fraction of sp³-hybridized carbons (Fsp3) is 0.333. The Morgan fingerprint density at radius 2 is 1.52 bits per heavy atom. The Morgan fingerprint density at radius 1 is 0.935 bits per heavy atom. The smallest absolute Gasteiger partial charge is 0.426 e. The van der Waals surface area contributed by atoms with Crippen molar-refractivity contribution in [3.05, 3.63) is 52.8 Å². The van der Waals surface area contributed by atoms with Crippen LogP contribution in [0.3, 0.4) is 0 Å². The summed E-state index contributed by atoms with van der Waals surface area (Å²) in [6.07, 6.45) is -0.881. The highest BCUT2D eigenvalue weighted by Crippen LogP contribution is 2.30. The largest absolute Gasteiger partial charge is 0.465 e. The molecular formula is C21H25N3O7. The fourth-order valence-corrected chi connectivity index (χ4v) is 2.76. The zero-order valence-electron chi connectivity index (χ0n) is 18.2. The topological polar surface area (TPSA) is 125 Å². The lowest BCUT2D eigenvalue weighted by Crippen LogP contribution is -2.33. The second kappa shape index (κ2) is 9.33. The molecule has 2 aromatic rings. The number of rotatable bonds is 5. The highest BCUT2D eigenvalue weighted by atomic mass is 16.6. The second-order valence-electron chi connectivity index (χ2n) is 7.44. The molecule has 166 valence electrons. The third-order valence-electron chi connectivity index (χ3n) is 4.05. The van der Waals surface area contributed by atoms with Crippen LogP contribution < -0.4 is 10.7 Å². The van der Waals surface area contributed by atoms with Gasteiger partial charge in [-0.2, -0.15) is 0 Å². The molecule has 0 saturated carbocycles. The van der Waals surface area contributed by atoms with Crippen LogP contribution in [-0.2, 0) is 14.2 Å². The summed E-state index contributed by atoms with van der Waals surface area (Å²) in [6.45, 7) is 6.47. The van der Waals surface area contributed by atoms with Gasteiger partial charge in [-0.05, 0) is 39.8 Å². The number of aromatic nitrogens is 1. The average Bonchev–Trinajstić information content (AvgIpc) is 2.97. The molecule has 2 amide bonds. The molecule has 0 bridgehead atoms. The van der Waals surface area contributed by atoms with Gasteiger partial charge in [0.1, 0.15) is 11.2 Å². The Hall–Kier alpha value is -3.82. The molecule has 0 radical (unpaired) electrons. The first kappa shape index (κ1) is 23.5. The van der Waals surface area contributed by atoms with Crippen molar-refractivity contribution in [1.82, 2.24) is 4.68 Å². The molecule has 0 saturated heterocycles. The monoisotopic (exact) mass is 431 g/mol. The first-order valence-electron chi connectivity index (χ1n) is 9.28. The Labute approximate surface area is 179 Å². The number of carbonyl (C=O) groups excluding carboxylic acids is 4. The summed E-state index contributed by atoms with van der Waals surface area (Å²) in [5.74, 6) is -2.31. The van der Waals surface area contributed by atoms with Gasteiger partial charge in [-0.25, -0.2) is 24.5 Å². The number of hydrogen-bond donors (Lipinski definition) is 2. The third-order valence-corrected chi connectivity index (χ3v) is 4.05. The summed E-state index contributed by atoms with van der Waals surface area (Å²) in [4.78, 5) is 50.1. The maximum Gasteiger partial charge on any atom is 0.426 e. The van der Waals surface area contributed by atoms with Crippen LogP contribution in [0, 0.1) is 6.92 Å². The molecular weight excluding hydrogens is 406 g/mol. The van der Waals surface area contributed by atoms with Crippen molar-refractivity contribution < 1.29 is 33.4 Å². The Morgan fingerprint density at radius 3 is 2.03 bits per heavy atom. The first-order chi connectivity index (χ1) is 14.5. The van der Waals surface area contributed by atoms with E-state index in [-0.39, 0.29) is 22.6 Å². The predicted octanol–water partition coefficient (Wildman–Crippen LogP) is 3.10. The minimum Gasteiger partial charge on any atom is -0.465 e. The maximum absolute atomic E-state index is 12.7. The molecule has 0 atom stereocenters. The van der Waals surface area contributed by atoms with Gasteiger partial charge in [0.2, 0.25) is 0 Å². The van der Waals surface area contributed by atoms with E-state index >= 15 is 0 Å². The molecule has 0 fully saturated rings. The van der Waals surface area contributed by atoms with E-state index < -0.39 is 29.5 Å². The summed E-state index contributed by atoms with van der Waals surface area (Å²) in [5.41, 5.74) is 1.43. The van der Waals surface area contributed by atoms with Crippen molar-refractivity contribution >= 4 is 29.6 Å². The zero-order chi connectivity index (χ0) is 23.3. The molecule has 0 unspecified atom stereocenters. The molecule has 2 N–H and O–H groups in total.